The highest BCUT2D eigenvalue weighted by atomic mass is 16.3. The number of hydrogen-bond donors (Lipinski definition) is 3. The van der Waals surface area contributed by atoms with Gasteiger partial charge in [-0.05, 0) is 24.3 Å². The number of rotatable bonds is 4. The molecule has 0 spiro atoms. The fraction of sp³-hybridized carbons (Fsp3) is 0.385. The second-order valence-electron chi connectivity index (χ2n) is 4.43. The predicted molar refractivity (Wildman–Crippen MR) is 66.0 cm³/mol. The number of hydrogen-bond acceptors (Lipinski definition) is 4. The van der Waals surface area contributed by atoms with Crippen molar-refractivity contribution in [1.82, 2.24) is 5.32 Å². The van der Waals surface area contributed by atoms with Crippen molar-refractivity contribution < 1.29 is 14.6 Å². The zero-order chi connectivity index (χ0) is 12.4. The smallest absolute Gasteiger partial charge is 0.134 e. The molecule has 4 heteroatoms. The van der Waals surface area contributed by atoms with Gasteiger partial charge in [0.05, 0.1) is 12.6 Å². The summed E-state index contributed by atoms with van der Waals surface area (Å²) in [6.45, 7) is 4.00. The maximum absolute atomic E-state index is 9.37. The molecule has 0 fully saturated rings. The quantitative estimate of drug-likeness (QED) is 0.760. The van der Waals surface area contributed by atoms with Gasteiger partial charge < -0.3 is 19.9 Å². The van der Waals surface area contributed by atoms with Gasteiger partial charge in [0.15, 0.2) is 0 Å². The zero-order valence-electron chi connectivity index (χ0n) is 9.97. The van der Waals surface area contributed by atoms with Gasteiger partial charge in [0.2, 0.25) is 0 Å². The minimum atomic E-state index is -0.218. The first-order valence-electron chi connectivity index (χ1n) is 5.69. The molecule has 0 saturated carbocycles. The fourth-order valence-corrected chi connectivity index (χ4v) is 1.85. The molecule has 4 nitrogen and oxygen atoms in total. The minimum Gasteiger partial charge on any atom is -0.508 e. The van der Waals surface area contributed by atoms with E-state index in [1.54, 1.807) is 18.2 Å². The van der Waals surface area contributed by atoms with Crippen LogP contribution in [0.25, 0.3) is 11.0 Å². The van der Waals surface area contributed by atoms with Gasteiger partial charge in [-0.2, -0.15) is 0 Å². The van der Waals surface area contributed by atoms with E-state index in [2.05, 4.69) is 5.32 Å². The third kappa shape index (κ3) is 2.60. The molecule has 0 radical (unpaired) electrons. The van der Waals surface area contributed by atoms with Crippen LogP contribution in [0, 0.1) is 0 Å². The first-order chi connectivity index (χ1) is 8.10. The van der Waals surface area contributed by atoms with E-state index < -0.39 is 0 Å². The van der Waals surface area contributed by atoms with Crippen LogP contribution < -0.4 is 5.32 Å². The van der Waals surface area contributed by atoms with Crippen molar-refractivity contribution in [2.75, 3.05) is 6.61 Å². The average molecular weight is 235 g/mol. The van der Waals surface area contributed by atoms with E-state index in [1.165, 1.54) is 0 Å². The van der Waals surface area contributed by atoms with Crippen molar-refractivity contribution in [2.24, 2.45) is 0 Å². The lowest BCUT2D eigenvalue weighted by Gasteiger charge is -2.16. The molecule has 1 aromatic heterocycles. The van der Waals surface area contributed by atoms with Gasteiger partial charge in [-0.3, -0.25) is 0 Å². The summed E-state index contributed by atoms with van der Waals surface area (Å²) in [5, 5.41) is 22.8. The maximum atomic E-state index is 9.37. The van der Waals surface area contributed by atoms with Crippen LogP contribution in [0.1, 0.15) is 25.6 Å². The lowest BCUT2D eigenvalue weighted by molar-refractivity contribution is 0.221. The van der Waals surface area contributed by atoms with Crippen LogP contribution in [0.4, 0.5) is 0 Å². The predicted octanol–water partition coefficient (Wildman–Crippen LogP) is 2.17. The Bertz CT molecular complexity index is 504. The number of fused-ring (bicyclic) bond motifs is 1. The molecule has 0 bridgehead atoms. The summed E-state index contributed by atoms with van der Waals surface area (Å²) in [6.07, 6.45) is 0. The summed E-state index contributed by atoms with van der Waals surface area (Å²) >= 11 is 0. The second kappa shape index (κ2) is 4.77. The molecule has 92 valence electrons. The molecule has 0 saturated heterocycles. The number of aliphatic hydroxyl groups excluding tert-OH is 1. The number of phenolic OH excluding ortho intramolecular Hbond substituents is 1. The second-order valence-corrected chi connectivity index (χ2v) is 4.43. The summed E-state index contributed by atoms with van der Waals surface area (Å²) in [5.74, 6) is 0.893. The molecule has 0 aliphatic heterocycles. The van der Waals surface area contributed by atoms with Gasteiger partial charge >= 0.3 is 0 Å². The van der Waals surface area contributed by atoms with E-state index >= 15 is 0 Å². The van der Waals surface area contributed by atoms with Crippen molar-refractivity contribution in [1.29, 1.82) is 0 Å². The number of aromatic hydroxyl groups is 1. The lowest BCUT2D eigenvalue weighted by atomic mass is 10.2. The van der Waals surface area contributed by atoms with Gasteiger partial charge in [-0.1, -0.05) is 13.8 Å². The number of nitrogens with one attached hydrogen (secondary N) is 1. The van der Waals surface area contributed by atoms with E-state index in [-0.39, 0.29) is 24.4 Å². The maximum Gasteiger partial charge on any atom is 0.134 e. The van der Waals surface area contributed by atoms with Gasteiger partial charge in [0.1, 0.15) is 17.1 Å². The molecule has 1 heterocycles. The highest BCUT2D eigenvalue weighted by molar-refractivity contribution is 5.79. The number of phenols is 1. The number of aliphatic hydroxyl groups is 1. The third-order valence-corrected chi connectivity index (χ3v) is 2.58. The van der Waals surface area contributed by atoms with Gasteiger partial charge in [0.25, 0.3) is 0 Å². The van der Waals surface area contributed by atoms with Crippen LogP contribution in [0.3, 0.4) is 0 Å². The van der Waals surface area contributed by atoms with E-state index in [0.717, 1.165) is 5.39 Å². The SMILES string of the molecule is CC(C)N[C@H](CO)c1cc2cc(O)ccc2o1. The molecule has 2 rings (SSSR count). The van der Waals surface area contributed by atoms with E-state index in [9.17, 15) is 10.2 Å². The Morgan fingerprint density at radius 2 is 2.06 bits per heavy atom. The van der Waals surface area contributed by atoms with Crippen molar-refractivity contribution in [3.05, 3.63) is 30.0 Å². The Morgan fingerprint density at radius 3 is 2.71 bits per heavy atom. The molecular weight excluding hydrogens is 218 g/mol. The minimum absolute atomic E-state index is 0.0238. The van der Waals surface area contributed by atoms with Gasteiger partial charge in [0, 0.05) is 11.4 Å². The van der Waals surface area contributed by atoms with Crippen molar-refractivity contribution in [3.63, 3.8) is 0 Å². The highest BCUT2D eigenvalue weighted by Crippen LogP contribution is 2.26. The Hall–Kier alpha value is -1.52. The first kappa shape index (κ1) is 12.0. The van der Waals surface area contributed by atoms with Crippen molar-refractivity contribution in [2.45, 2.75) is 25.9 Å². The molecule has 0 unspecified atom stereocenters. The Labute approximate surface area is 99.9 Å². The van der Waals surface area contributed by atoms with Crippen LogP contribution in [-0.4, -0.2) is 22.9 Å². The molecule has 2 aromatic rings. The van der Waals surface area contributed by atoms with Crippen molar-refractivity contribution >= 4 is 11.0 Å². The van der Waals surface area contributed by atoms with Crippen LogP contribution in [0.2, 0.25) is 0 Å². The molecule has 3 N–H and O–H groups in total. The largest absolute Gasteiger partial charge is 0.508 e. The zero-order valence-corrected chi connectivity index (χ0v) is 9.97. The van der Waals surface area contributed by atoms with Crippen LogP contribution >= 0.6 is 0 Å². The molecule has 17 heavy (non-hydrogen) atoms. The Morgan fingerprint density at radius 1 is 1.29 bits per heavy atom. The summed E-state index contributed by atoms with van der Waals surface area (Å²) in [7, 11) is 0. The van der Waals surface area contributed by atoms with Gasteiger partial charge in [-0.25, -0.2) is 0 Å². The van der Waals surface area contributed by atoms with Crippen LogP contribution in [-0.2, 0) is 0 Å². The summed E-state index contributed by atoms with van der Waals surface area (Å²) in [4.78, 5) is 0. The standard InChI is InChI=1S/C13H17NO3/c1-8(2)14-11(7-15)13-6-9-5-10(16)3-4-12(9)17-13/h3-6,8,11,14-16H,7H2,1-2H3/t11-/m1/s1. The monoisotopic (exact) mass is 235 g/mol. The van der Waals surface area contributed by atoms with E-state index in [0.29, 0.717) is 11.3 Å². The number of benzene rings is 1. The number of furan rings is 1. The third-order valence-electron chi connectivity index (χ3n) is 2.58. The summed E-state index contributed by atoms with van der Waals surface area (Å²) in [5.41, 5.74) is 0.710. The Balaban J connectivity index is 2.34. The Kier molecular flexibility index (Phi) is 3.36. The molecule has 0 aliphatic rings. The van der Waals surface area contributed by atoms with Crippen molar-refractivity contribution in [3.8, 4) is 5.75 Å². The fourth-order valence-electron chi connectivity index (χ4n) is 1.85. The van der Waals surface area contributed by atoms with Crippen LogP contribution in [0.5, 0.6) is 5.75 Å². The molecule has 1 atom stereocenters. The lowest BCUT2D eigenvalue weighted by Crippen LogP contribution is -2.30. The van der Waals surface area contributed by atoms with Gasteiger partial charge in [-0.15, -0.1) is 0 Å². The van der Waals surface area contributed by atoms with Crippen LogP contribution in [0.15, 0.2) is 28.7 Å². The first-order valence-corrected chi connectivity index (χ1v) is 5.69. The summed E-state index contributed by atoms with van der Waals surface area (Å²) in [6, 6.07) is 6.83. The van der Waals surface area contributed by atoms with E-state index in [1.807, 2.05) is 19.9 Å². The molecule has 0 aliphatic carbocycles. The summed E-state index contributed by atoms with van der Waals surface area (Å²) < 4.78 is 5.64. The topological polar surface area (TPSA) is 65.6 Å². The average Bonchev–Trinajstić information content (AvgIpc) is 2.68. The molecule has 1 aromatic carbocycles. The normalized spacial score (nSPS) is 13.4. The van der Waals surface area contributed by atoms with E-state index in [4.69, 9.17) is 4.42 Å². The molecule has 0 amide bonds. The molecular formula is C13H17NO3. The highest BCUT2D eigenvalue weighted by Gasteiger charge is 2.16.